The third-order valence-corrected chi connectivity index (χ3v) is 4.71. The highest BCUT2D eigenvalue weighted by Gasteiger charge is 2.46. The van der Waals surface area contributed by atoms with Gasteiger partial charge in [0.2, 0.25) is 5.88 Å². The van der Waals surface area contributed by atoms with Crippen LogP contribution in [0.5, 0.6) is 5.88 Å². The van der Waals surface area contributed by atoms with Crippen molar-refractivity contribution in [3.8, 4) is 11.9 Å². The number of fused-ring (bicyclic) bond motifs is 1. The molecule has 162 valence electrons. The SMILES string of the molecule is CCOC(=O)C1C(C#N)=Nc2ccnc(OC(C)C)c2C1c1ccccc1C(F)(F)F. The molecule has 3 rings (SSSR count). The quantitative estimate of drug-likeness (QED) is 0.635. The Morgan fingerprint density at radius 3 is 2.58 bits per heavy atom. The van der Waals surface area contributed by atoms with E-state index in [1.807, 2.05) is 6.07 Å². The Hall–Kier alpha value is -3.41. The Morgan fingerprint density at radius 1 is 1.26 bits per heavy atom. The Balaban J connectivity index is 2.37. The molecule has 1 aromatic carbocycles. The van der Waals surface area contributed by atoms with Crippen LogP contribution in [0.15, 0.2) is 41.5 Å². The summed E-state index contributed by atoms with van der Waals surface area (Å²) < 4.78 is 52.5. The van der Waals surface area contributed by atoms with Crippen LogP contribution in [0.1, 0.15) is 43.4 Å². The molecular formula is C22H20F3N3O3. The second kappa shape index (κ2) is 8.76. The number of ether oxygens (including phenoxy) is 2. The molecule has 1 aromatic heterocycles. The Morgan fingerprint density at radius 2 is 1.97 bits per heavy atom. The maximum absolute atomic E-state index is 13.9. The van der Waals surface area contributed by atoms with Crippen molar-refractivity contribution < 1.29 is 27.4 Å². The van der Waals surface area contributed by atoms with Crippen LogP contribution >= 0.6 is 0 Å². The number of benzene rings is 1. The smallest absolute Gasteiger partial charge is 0.416 e. The number of aliphatic imine (C=N–C) groups is 1. The molecule has 0 aliphatic carbocycles. The van der Waals surface area contributed by atoms with Crippen molar-refractivity contribution in [3.05, 3.63) is 53.2 Å². The average molecular weight is 431 g/mol. The maximum atomic E-state index is 13.9. The molecule has 2 aromatic rings. The zero-order valence-electron chi connectivity index (χ0n) is 17.1. The molecular weight excluding hydrogens is 411 g/mol. The molecule has 2 unspecified atom stereocenters. The van der Waals surface area contributed by atoms with Gasteiger partial charge in [-0.25, -0.2) is 9.98 Å². The number of nitriles is 1. The predicted molar refractivity (Wildman–Crippen MR) is 106 cm³/mol. The largest absolute Gasteiger partial charge is 0.475 e. The summed E-state index contributed by atoms with van der Waals surface area (Å²) in [5, 5.41) is 9.66. The van der Waals surface area contributed by atoms with E-state index in [4.69, 9.17) is 9.47 Å². The second-order valence-corrected chi connectivity index (χ2v) is 7.12. The summed E-state index contributed by atoms with van der Waals surface area (Å²) in [4.78, 5) is 21.3. The van der Waals surface area contributed by atoms with E-state index in [0.717, 1.165) is 6.07 Å². The van der Waals surface area contributed by atoms with Crippen molar-refractivity contribution >= 4 is 17.4 Å². The summed E-state index contributed by atoms with van der Waals surface area (Å²) in [6, 6.07) is 8.28. The highest BCUT2D eigenvalue weighted by atomic mass is 19.4. The first-order valence-corrected chi connectivity index (χ1v) is 9.66. The topological polar surface area (TPSA) is 84.6 Å². The predicted octanol–water partition coefficient (Wildman–Crippen LogP) is 4.81. The van der Waals surface area contributed by atoms with Gasteiger partial charge in [0.15, 0.2) is 0 Å². The van der Waals surface area contributed by atoms with Crippen molar-refractivity contribution in [2.45, 2.75) is 39.0 Å². The number of esters is 1. The number of nitrogens with zero attached hydrogens (tertiary/aromatic N) is 3. The number of pyridine rings is 1. The lowest BCUT2D eigenvalue weighted by Crippen LogP contribution is -2.35. The van der Waals surface area contributed by atoms with Gasteiger partial charge < -0.3 is 9.47 Å². The van der Waals surface area contributed by atoms with E-state index < -0.39 is 29.5 Å². The van der Waals surface area contributed by atoms with Crippen LogP contribution in [-0.4, -0.2) is 29.4 Å². The second-order valence-electron chi connectivity index (χ2n) is 7.12. The number of aromatic nitrogens is 1. The third kappa shape index (κ3) is 4.38. The maximum Gasteiger partial charge on any atom is 0.416 e. The number of rotatable bonds is 5. The van der Waals surface area contributed by atoms with Crippen molar-refractivity contribution in [1.82, 2.24) is 4.98 Å². The number of halogens is 3. The van der Waals surface area contributed by atoms with Crippen molar-refractivity contribution in [3.63, 3.8) is 0 Å². The molecule has 0 bridgehead atoms. The molecule has 1 aliphatic rings. The molecule has 2 atom stereocenters. The zero-order valence-corrected chi connectivity index (χ0v) is 17.1. The zero-order chi connectivity index (χ0) is 22.8. The minimum atomic E-state index is -4.68. The van der Waals surface area contributed by atoms with Gasteiger partial charge in [-0.3, -0.25) is 4.79 Å². The molecule has 2 heterocycles. The highest BCUT2D eigenvalue weighted by molar-refractivity contribution is 6.14. The molecule has 1 aliphatic heterocycles. The molecule has 0 N–H and O–H groups in total. The Labute approximate surface area is 177 Å². The molecule has 0 radical (unpaired) electrons. The first kappa shape index (κ1) is 22.3. The fourth-order valence-corrected chi connectivity index (χ4v) is 3.61. The van der Waals surface area contributed by atoms with E-state index in [1.54, 1.807) is 20.8 Å². The third-order valence-electron chi connectivity index (χ3n) is 4.71. The van der Waals surface area contributed by atoms with Gasteiger partial charge >= 0.3 is 12.1 Å². The summed E-state index contributed by atoms with van der Waals surface area (Å²) >= 11 is 0. The van der Waals surface area contributed by atoms with E-state index in [-0.39, 0.29) is 41.1 Å². The van der Waals surface area contributed by atoms with Crippen LogP contribution in [0.3, 0.4) is 0 Å². The van der Waals surface area contributed by atoms with Crippen molar-refractivity contribution in [2.75, 3.05) is 6.61 Å². The summed E-state index contributed by atoms with van der Waals surface area (Å²) in [7, 11) is 0. The molecule has 6 nitrogen and oxygen atoms in total. The lowest BCUT2D eigenvalue weighted by Gasteiger charge is -2.32. The minimum absolute atomic E-state index is 0.00305. The molecule has 0 amide bonds. The number of hydrogen-bond acceptors (Lipinski definition) is 6. The fraction of sp³-hybridized carbons (Fsp3) is 0.364. The fourth-order valence-electron chi connectivity index (χ4n) is 3.61. The Bertz CT molecular complexity index is 1060. The van der Waals surface area contributed by atoms with Crippen LogP contribution in [0.4, 0.5) is 18.9 Å². The van der Waals surface area contributed by atoms with E-state index in [9.17, 15) is 23.2 Å². The van der Waals surface area contributed by atoms with Crippen LogP contribution < -0.4 is 4.74 Å². The molecule has 0 fully saturated rings. The van der Waals surface area contributed by atoms with Crippen LogP contribution in [0.2, 0.25) is 0 Å². The molecule has 0 spiro atoms. The van der Waals surface area contributed by atoms with Gasteiger partial charge in [-0.15, -0.1) is 0 Å². The standard InChI is InChI=1S/C22H20F3N3O3/c1-4-30-21(29)19-16(11-26)28-15-9-10-27-20(31-12(2)3)18(15)17(19)13-7-5-6-8-14(13)22(23,24)25/h5-10,12,17,19H,4H2,1-3H3. The van der Waals surface area contributed by atoms with Crippen LogP contribution in [0, 0.1) is 17.2 Å². The monoisotopic (exact) mass is 431 g/mol. The number of carbonyl (C=O) groups is 1. The molecule has 9 heteroatoms. The first-order valence-electron chi connectivity index (χ1n) is 9.66. The van der Waals surface area contributed by atoms with Gasteiger partial charge in [0.05, 0.1) is 24.0 Å². The summed E-state index contributed by atoms with van der Waals surface area (Å²) in [5.41, 5.74) is -0.887. The highest BCUT2D eigenvalue weighted by Crippen LogP contribution is 2.49. The summed E-state index contributed by atoms with van der Waals surface area (Å²) in [6.45, 7) is 5.06. The number of alkyl halides is 3. The van der Waals surface area contributed by atoms with Gasteiger partial charge in [-0.2, -0.15) is 18.4 Å². The van der Waals surface area contributed by atoms with Crippen LogP contribution in [0.25, 0.3) is 0 Å². The van der Waals surface area contributed by atoms with E-state index in [2.05, 4.69) is 9.98 Å². The molecule has 0 saturated heterocycles. The molecule has 31 heavy (non-hydrogen) atoms. The van der Waals surface area contributed by atoms with Gasteiger partial charge in [0, 0.05) is 17.7 Å². The normalized spacial score (nSPS) is 18.1. The van der Waals surface area contributed by atoms with Crippen molar-refractivity contribution in [1.29, 1.82) is 5.26 Å². The summed E-state index contributed by atoms with van der Waals surface area (Å²) in [6.07, 6.45) is -3.62. The number of hydrogen-bond donors (Lipinski definition) is 0. The van der Waals surface area contributed by atoms with E-state index >= 15 is 0 Å². The van der Waals surface area contributed by atoms with E-state index in [1.165, 1.54) is 30.5 Å². The van der Waals surface area contributed by atoms with Gasteiger partial charge in [-0.05, 0) is 38.5 Å². The number of carbonyl (C=O) groups excluding carboxylic acids is 1. The van der Waals surface area contributed by atoms with Gasteiger partial charge in [0.25, 0.3) is 0 Å². The minimum Gasteiger partial charge on any atom is -0.475 e. The van der Waals surface area contributed by atoms with Gasteiger partial charge in [-0.1, -0.05) is 18.2 Å². The van der Waals surface area contributed by atoms with Gasteiger partial charge in [0.1, 0.15) is 17.7 Å². The average Bonchev–Trinajstić information content (AvgIpc) is 2.71. The van der Waals surface area contributed by atoms with E-state index in [0.29, 0.717) is 0 Å². The lowest BCUT2D eigenvalue weighted by atomic mass is 9.74. The Kier molecular flexibility index (Phi) is 6.29. The lowest BCUT2D eigenvalue weighted by molar-refractivity contribution is -0.146. The first-order chi connectivity index (χ1) is 14.7. The van der Waals surface area contributed by atoms with Crippen molar-refractivity contribution in [2.24, 2.45) is 10.9 Å². The molecule has 0 saturated carbocycles. The van der Waals surface area contributed by atoms with Crippen LogP contribution in [-0.2, 0) is 15.7 Å². The summed E-state index contributed by atoms with van der Waals surface area (Å²) in [5.74, 6) is -3.37.